The number of nitrogens with zero attached hydrogens (tertiary/aromatic N) is 2. The molecule has 0 radical (unpaired) electrons. The van der Waals surface area contributed by atoms with Crippen molar-refractivity contribution < 1.29 is 9.53 Å². The minimum atomic E-state index is -0.839. The molecule has 1 atom stereocenters. The molecular weight excluding hydrogens is 352 g/mol. The average Bonchev–Trinajstić information content (AvgIpc) is 3.11. The summed E-state index contributed by atoms with van der Waals surface area (Å²) in [4.78, 5) is 15.7. The van der Waals surface area contributed by atoms with Gasteiger partial charge >= 0.3 is 6.09 Å². The third-order valence-corrected chi connectivity index (χ3v) is 4.63. The molecule has 0 fully saturated rings. The Bertz CT molecular complexity index is 1160. The molecule has 140 valence electrons. The summed E-state index contributed by atoms with van der Waals surface area (Å²) in [5, 5.41) is 0. The Balaban J connectivity index is 1.78. The predicted octanol–water partition coefficient (Wildman–Crippen LogP) is 4.17. The zero-order chi connectivity index (χ0) is 19.7. The van der Waals surface area contributed by atoms with Crippen LogP contribution in [0.25, 0.3) is 27.8 Å². The van der Waals surface area contributed by atoms with Crippen LogP contribution in [0, 0.1) is 0 Å². The van der Waals surface area contributed by atoms with E-state index in [2.05, 4.69) is 4.98 Å². The van der Waals surface area contributed by atoms with Crippen molar-refractivity contribution in [2.24, 2.45) is 11.5 Å². The normalized spacial score (nSPS) is 12.1. The highest BCUT2D eigenvalue weighted by Crippen LogP contribution is 2.32. The quantitative estimate of drug-likeness (QED) is 0.562. The number of fused-ring (bicyclic) bond motifs is 1. The summed E-state index contributed by atoms with van der Waals surface area (Å²) in [5.41, 5.74) is 16.7. The number of carbonyl (C=O) groups excluding carboxylic acids is 1. The van der Waals surface area contributed by atoms with Crippen LogP contribution in [0.5, 0.6) is 5.75 Å². The standard InChI is InChI=1S/C22H20N4O2/c1-14(23)15-9-10-20-19(12-15)25-13-26(20)17-6-4-5-16(11-17)18-7-2-3-8-21(18)28-22(24)27/h2-14H,23H2,1H3,(H2,24,27)/t14-/m0/s1. The number of ether oxygens (including phenoxy) is 1. The average molecular weight is 372 g/mol. The number of benzene rings is 3. The van der Waals surface area contributed by atoms with Gasteiger partial charge in [0.15, 0.2) is 0 Å². The van der Waals surface area contributed by atoms with E-state index in [9.17, 15) is 4.79 Å². The van der Waals surface area contributed by atoms with Crippen LogP contribution < -0.4 is 16.2 Å². The number of primary amides is 1. The van der Waals surface area contributed by atoms with Crippen LogP contribution in [0.3, 0.4) is 0 Å². The van der Waals surface area contributed by atoms with Crippen LogP contribution in [0.15, 0.2) is 73.1 Å². The van der Waals surface area contributed by atoms with Gasteiger partial charge in [0.1, 0.15) is 12.1 Å². The highest BCUT2D eigenvalue weighted by Gasteiger charge is 2.11. The van der Waals surface area contributed by atoms with Crippen molar-refractivity contribution >= 4 is 17.1 Å². The number of nitrogens with two attached hydrogens (primary N) is 2. The van der Waals surface area contributed by atoms with Gasteiger partial charge in [-0.1, -0.05) is 36.4 Å². The summed E-state index contributed by atoms with van der Waals surface area (Å²) >= 11 is 0. The van der Waals surface area contributed by atoms with Crippen molar-refractivity contribution in [1.29, 1.82) is 0 Å². The number of hydrogen-bond acceptors (Lipinski definition) is 4. The number of imidazole rings is 1. The first-order valence-electron chi connectivity index (χ1n) is 8.92. The molecule has 28 heavy (non-hydrogen) atoms. The second-order valence-corrected chi connectivity index (χ2v) is 6.62. The minimum absolute atomic E-state index is 0.0420. The van der Waals surface area contributed by atoms with Crippen molar-refractivity contribution in [3.8, 4) is 22.6 Å². The van der Waals surface area contributed by atoms with Crippen LogP contribution in [0.1, 0.15) is 18.5 Å². The smallest absolute Gasteiger partial charge is 0.409 e. The zero-order valence-corrected chi connectivity index (χ0v) is 15.4. The first-order valence-corrected chi connectivity index (χ1v) is 8.92. The van der Waals surface area contributed by atoms with Gasteiger partial charge in [-0.2, -0.15) is 0 Å². The van der Waals surface area contributed by atoms with E-state index < -0.39 is 6.09 Å². The van der Waals surface area contributed by atoms with E-state index in [0.29, 0.717) is 5.75 Å². The summed E-state index contributed by atoms with van der Waals surface area (Å²) in [6.07, 6.45) is 0.953. The second-order valence-electron chi connectivity index (χ2n) is 6.62. The Labute approximate surface area is 162 Å². The molecule has 4 rings (SSSR count). The van der Waals surface area contributed by atoms with Gasteiger partial charge < -0.3 is 16.2 Å². The van der Waals surface area contributed by atoms with Crippen LogP contribution in [-0.2, 0) is 0 Å². The van der Waals surface area contributed by atoms with Gasteiger partial charge in [0.2, 0.25) is 0 Å². The predicted molar refractivity (Wildman–Crippen MR) is 109 cm³/mol. The lowest BCUT2D eigenvalue weighted by atomic mass is 10.0. The van der Waals surface area contributed by atoms with Gasteiger partial charge in [-0.15, -0.1) is 0 Å². The molecule has 3 aromatic carbocycles. The number of hydrogen-bond donors (Lipinski definition) is 2. The van der Waals surface area contributed by atoms with E-state index in [4.69, 9.17) is 16.2 Å². The molecule has 6 heteroatoms. The maximum Gasteiger partial charge on any atom is 0.409 e. The van der Waals surface area contributed by atoms with Crippen molar-refractivity contribution in [2.75, 3.05) is 0 Å². The molecule has 0 saturated heterocycles. The van der Waals surface area contributed by atoms with Gasteiger partial charge in [0.25, 0.3) is 0 Å². The van der Waals surface area contributed by atoms with Crippen LogP contribution in [0.2, 0.25) is 0 Å². The Kier molecular flexibility index (Phi) is 4.55. The lowest BCUT2D eigenvalue weighted by Crippen LogP contribution is -2.16. The van der Waals surface area contributed by atoms with Crippen molar-refractivity contribution in [2.45, 2.75) is 13.0 Å². The van der Waals surface area contributed by atoms with E-state index in [-0.39, 0.29) is 6.04 Å². The molecule has 1 heterocycles. The Morgan fingerprint density at radius 2 is 1.89 bits per heavy atom. The summed E-state index contributed by atoms with van der Waals surface area (Å²) in [7, 11) is 0. The first kappa shape index (κ1) is 17.8. The monoisotopic (exact) mass is 372 g/mol. The van der Waals surface area contributed by atoms with Crippen LogP contribution in [0.4, 0.5) is 4.79 Å². The second kappa shape index (κ2) is 7.17. The fourth-order valence-corrected chi connectivity index (χ4v) is 3.24. The highest BCUT2D eigenvalue weighted by molar-refractivity contribution is 5.80. The van der Waals surface area contributed by atoms with Crippen LogP contribution in [-0.4, -0.2) is 15.6 Å². The molecule has 0 aliphatic heterocycles. The Hall–Kier alpha value is -3.64. The highest BCUT2D eigenvalue weighted by atomic mass is 16.5. The Morgan fingerprint density at radius 3 is 2.68 bits per heavy atom. The van der Waals surface area contributed by atoms with Gasteiger partial charge in [-0.25, -0.2) is 9.78 Å². The Morgan fingerprint density at radius 1 is 1.07 bits per heavy atom. The summed E-state index contributed by atoms with van der Waals surface area (Å²) in [5.74, 6) is 0.421. The summed E-state index contributed by atoms with van der Waals surface area (Å²) in [6, 6.07) is 21.2. The molecule has 1 amide bonds. The summed E-state index contributed by atoms with van der Waals surface area (Å²) in [6.45, 7) is 1.95. The van der Waals surface area contributed by atoms with E-state index in [1.165, 1.54) is 0 Å². The number of amides is 1. The first-order chi connectivity index (χ1) is 13.5. The number of carbonyl (C=O) groups is 1. The van der Waals surface area contributed by atoms with Crippen molar-refractivity contribution in [1.82, 2.24) is 9.55 Å². The van der Waals surface area contributed by atoms with Gasteiger partial charge in [0, 0.05) is 17.3 Å². The lowest BCUT2D eigenvalue weighted by molar-refractivity contribution is 0.211. The molecule has 0 unspecified atom stereocenters. The molecule has 6 nitrogen and oxygen atoms in total. The molecule has 4 aromatic rings. The zero-order valence-electron chi connectivity index (χ0n) is 15.4. The largest absolute Gasteiger partial charge is 0.410 e. The van der Waals surface area contributed by atoms with Crippen molar-refractivity contribution in [3.63, 3.8) is 0 Å². The maximum absolute atomic E-state index is 11.2. The van der Waals surface area contributed by atoms with Crippen molar-refractivity contribution in [3.05, 3.63) is 78.6 Å². The third-order valence-electron chi connectivity index (χ3n) is 4.63. The molecular formula is C22H20N4O2. The number of para-hydroxylation sites is 1. The van der Waals surface area contributed by atoms with E-state index in [0.717, 1.165) is 33.4 Å². The molecule has 0 aliphatic carbocycles. The lowest BCUT2D eigenvalue weighted by Gasteiger charge is -2.11. The molecule has 0 aliphatic rings. The van der Waals surface area contributed by atoms with E-state index >= 15 is 0 Å². The third kappa shape index (κ3) is 3.33. The molecule has 0 saturated carbocycles. The molecule has 0 bridgehead atoms. The SMILES string of the molecule is C[C@H](N)c1ccc2c(c1)ncn2-c1cccc(-c2ccccc2OC(N)=O)c1. The van der Waals surface area contributed by atoms with Crippen LogP contribution >= 0.6 is 0 Å². The fraction of sp³-hybridized carbons (Fsp3) is 0.0909. The molecule has 4 N–H and O–H groups in total. The van der Waals surface area contributed by atoms with Gasteiger partial charge in [-0.05, 0) is 48.4 Å². The number of aromatic nitrogens is 2. The van der Waals surface area contributed by atoms with E-state index in [1.807, 2.05) is 66.1 Å². The maximum atomic E-state index is 11.2. The molecule has 0 spiro atoms. The van der Waals surface area contributed by atoms with Gasteiger partial charge in [0.05, 0.1) is 11.0 Å². The topological polar surface area (TPSA) is 96.2 Å². The fourth-order valence-electron chi connectivity index (χ4n) is 3.24. The van der Waals surface area contributed by atoms with E-state index in [1.54, 1.807) is 18.5 Å². The number of rotatable bonds is 4. The summed E-state index contributed by atoms with van der Waals surface area (Å²) < 4.78 is 7.16. The molecule has 1 aromatic heterocycles. The minimum Gasteiger partial charge on any atom is -0.410 e. The van der Waals surface area contributed by atoms with Gasteiger partial charge in [-0.3, -0.25) is 4.57 Å².